The minimum Gasteiger partial charge on any atom is -0.358 e. The van der Waals surface area contributed by atoms with Crippen molar-refractivity contribution in [3.63, 3.8) is 0 Å². The zero-order valence-corrected chi connectivity index (χ0v) is 10.3. The number of aromatic nitrogens is 4. The Bertz CT molecular complexity index is 643. The molecule has 0 bridgehead atoms. The standard InChI is InChI=1S/C10H14N6O2/c1-5(9(17)11-3)12-7-4-8-14-15-10(18)16(8)6(2)13-7/h4-5,12H,1-3H3,(H,11,17)(H,15,18). The van der Waals surface area contributed by atoms with Gasteiger partial charge in [0.25, 0.3) is 0 Å². The number of aryl methyl sites for hydroxylation is 1. The molecule has 0 aromatic carbocycles. The lowest BCUT2D eigenvalue weighted by Crippen LogP contribution is -2.35. The second kappa shape index (κ2) is 4.47. The highest BCUT2D eigenvalue weighted by Gasteiger charge is 2.13. The van der Waals surface area contributed by atoms with E-state index in [4.69, 9.17) is 0 Å². The lowest BCUT2D eigenvalue weighted by atomic mass is 10.3. The van der Waals surface area contributed by atoms with Crippen LogP contribution in [0.4, 0.5) is 5.82 Å². The van der Waals surface area contributed by atoms with Gasteiger partial charge < -0.3 is 10.6 Å². The second-order valence-electron chi connectivity index (χ2n) is 3.89. The van der Waals surface area contributed by atoms with E-state index in [1.807, 2.05) is 0 Å². The van der Waals surface area contributed by atoms with Crippen molar-refractivity contribution in [3.05, 3.63) is 22.4 Å². The van der Waals surface area contributed by atoms with Gasteiger partial charge in [-0.25, -0.2) is 19.3 Å². The average molecular weight is 250 g/mol. The van der Waals surface area contributed by atoms with Crippen LogP contribution in [0.5, 0.6) is 0 Å². The quantitative estimate of drug-likeness (QED) is 0.666. The largest absolute Gasteiger partial charge is 0.358 e. The number of H-pyrrole nitrogens is 1. The van der Waals surface area contributed by atoms with Crippen molar-refractivity contribution < 1.29 is 4.79 Å². The third-order valence-corrected chi connectivity index (χ3v) is 2.57. The molecule has 0 saturated heterocycles. The van der Waals surface area contributed by atoms with Gasteiger partial charge in [-0.05, 0) is 13.8 Å². The molecule has 0 radical (unpaired) electrons. The first-order valence-electron chi connectivity index (χ1n) is 5.46. The molecule has 0 spiro atoms. The Kier molecular flexibility index (Phi) is 3.00. The smallest absolute Gasteiger partial charge is 0.349 e. The van der Waals surface area contributed by atoms with Crippen LogP contribution in [0.2, 0.25) is 0 Å². The van der Waals surface area contributed by atoms with Gasteiger partial charge >= 0.3 is 5.69 Å². The summed E-state index contributed by atoms with van der Waals surface area (Å²) in [6.45, 7) is 3.41. The van der Waals surface area contributed by atoms with Crippen LogP contribution >= 0.6 is 0 Å². The number of nitrogens with one attached hydrogen (secondary N) is 3. The normalized spacial score (nSPS) is 12.4. The number of rotatable bonds is 3. The molecule has 2 rings (SSSR count). The molecule has 2 heterocycles. The van der Waals surface area contributed by atoms with Gasteiger partial charge in [-0.3, -0.25) is 4.79 Å². The number of hydrogen-bond acceptors (Lipinski definition) is 5. The molecule has 1 atom stereocenters. The van der Waals surface area contributed by atoms with E-state index in [2.05, 4.69) is 25.8 Å². The molecule has 96 valence electrons. The average Bonchev–Trinajstić information content (AvgIpc) is 2.70. The third-order valence-electron chi connectivity index (χ3n) is 2.57. The van der Waals surface area contributed by atoms with Crippen LogP contribution in [0.15, 0.2) is 10.9 Å². The highest BCUT2D eigenvalue weighted by atomic mass is 16.2. The lowest BCUT2D eigenvalue weighted by molar-refractivity contribution is -0.121. The van der Waals surface area contributed by atoms with Crippen molar-refractivity contribution >= 4 is 17.4 Å². The van der Waals surface area contributed by atoms with Gasteiger partial charge in [0.2, 0.25) is 5.91 Å². The summed E-state index contributed by atoms with van der Waals surface area (Å²) in [5.41, 5.74) is 0.125. The summed E-state index contributed by atoms with van der Waals surface area (Å²) in [4.78, 5) is 27.0. The fraction of sp³-hybridized carbons (Fsp3) is 0.400. The van der Waals surface area contributed by atoms with Crippen molar-refractivity contribution in [2.45, 2.75) is 19.9 Å². The number of nitrogens with zero attached hydrogens (tertiary/aromatic N) is 3. The number of aromatic amines is 1. The van der Waals surface area contributed by atoms with Crippen LogP contribution in [-0.4, -0.2) is 38.6 Å². The fourth-order valence-electron chi connectivity index (χ4n) is 1.68. The zero-order chi connectivity index (χ0) is 13.3. The van der Waals surface area contributed by atoms with Crippen molar-refractivity contribution in [3.8, 4) is 0 Å². The van der Waals surface area contributed by atoms with Gasteiger partial charge in [0.05, 0.1) is 0 Å². The molecule has 3 N–H and O–H groups in total. The Morgan fingerprint density at radius 1 is 1.56 bits per heavy atom. The Hall–Kier alpha value is -2.38. The molecule has 2 aromatic heterocycles. The lowest BCUT2D eigenvalue weighted by Gasteiger charge is -2.13. The molecule has 0 aliphatic heterocycles. The molecule has 0 aliphatic rings. The highest BCUT2D eigenvalue weighted by molar-refractivity contribution is 5.83. The minimum absolute atomic E-state index is 0.145. The number of amides is 1. The van der Waals surface area contributed by atoms with E-state index >= 15 is 0 Å². The number of anilines is 1. The van der Waals surface area contributed by atoms with Crippen LogP contribution in [0.25, 0.3) is 5.65 Å². The molecule has 1 amide bonds. The molecular formula is C10H14N6O2. The van der Waals surface area contributed by atoms with Crippen LogP contribution in [0.1, 0.15) is 12.7 Å². The van der Waals surface area contributed by atoms with Crippen molar-refractivity contribution in [2.24, 2.45) is 0 Å². The van der Waals surface area contributed by atoms with E-state index in [-0.39, 0.29) is 11.6 Å². The van der Waals surface area contributed by atoms with Crippen molar-refractivity contribution in [1.82, 2.24) is 24.9 Å². The maximum Gasteiger partial charge on any atom is 0.349 e. The Balaban J connectivity index is 2.36. The predicted octanol–water partition coefficient (Wildman–Crippen LogP) is -0.728. The predicted molar refractivity (Wildman–Crippen MR) is 65.5 cm³/mol. The Labute approximate surface area is 102 Å². The van der Waals surface area contributed by atoms with Crippen molar-refractivity contribution in [1.29, 1.82) is 0 Å². The molecule has 18 heavy (non-hydrogen) atoms. The summed E-state index contributed by atoms with van der Waals surface area (Å²) in [6, 6.07) is 1.18. The summed E-state index contributed by atoms with van der Waals surface area (Å²) in [5, 5.41) is 11.7. The Morgan fingerprint density at radius 2 is 2.28 bits per heavy atom. The molecule has 2 aromatic rings. The van der Waals surface area contributed by atoms with E-state index in [9.17, 15) is 9.59 Å². The molecule has 1 unspecified atom stereocenters. The minimum atomic E-state index is -0.421. The van der Waals surface area contributed by atoms with E-state index in [1.54, 1.807) is 27.0 Å². The number of fused-ring (bicyclic) bond motifs is 1. The number of carbonyl (C=O) groups is 1. The van der Waals surface area contributed by atoms with Gasteiger partial charge in [-0.2, -0.15) is 5.10 Å². The van der Waals surface area contributed by atoms with E-state index in [0.717, 1.165) is 0 Å². The number of likely N-dealkylation sites (N-methyl/N-ethyl adjacent to an activating group) is 1. The molecule has 8 heteroatoms. The summed E-state index contributed by atoms with van der Waals surface area (Å²) in [7, 11) is 1.57. The first-order chi connectivity index (χ1) is 8.52. The van der Waals surface area contributed by atoms with Crippen LogP contribution in [0.3, 0.4) is 0 Å². The zero-order valence-electron chi connectivity index (χ0n) is 10.3. The Morgan fingerprint density at radius 3 is 2.94 bits per heavy atom. The molecular weight excluding hydrogens is 236 g/mol. The summed E-state index contributed by atoms with van der Waals surface area (Å²) in [5.74, 6) is 0.849. The number of carbonyl (C=O) groups excluding carboxylic acids is 1. The maximum absolute atomic E-state index is 11.4. The SMILES string of the molecule is CNC(=O)C(C)Nc1cc2n[nH]c(=O)n2c(C)n1. The summed E-state index contributed by atoms with van der Waals surface area (Å²) < 4.78 is 1.36. The van der Waals surface area contributed by atoms with E-state index < -0.39 is 6.04 Å². The van der Waals surface area contributed by atoms with Crippen LogP contribution in [0, 0.1) is 6.92 Å². The van der Waals surface area contributed by atoms with E-state index in [1.165, 1.54) is 4.40 Å². The maximum atomic E-state index is 11.4. The molecule has 0 fully saturated rings. The first-order valence-corrected chi connectivity index (χ1v) is 5.46. The van der Waals surface area contributed by atoms with Gasteiger partial charge in [-0.15, -0.1) is 0 Å². The van der Waals surface area contributed by atoms with Crippen LogP contribution < -0.4 is 16.3 Å². The van der Waals surface area contributed by atoms with Gasteiger partial charge in [0, 0.05) is 13.1 Å². The van der Waals surface area contributed by atoms with E-state index in [0.29, 0.717) is 17.3 Å². The first kappa shape index (κ1) is 12.1. The van der Waals surface area contributed by atoms with Crippen molar-refractivity contribution in [2.75, 3.05) is 12.4 Å². The third kappa shape index (κ3) is 2.04. The molecule has 0 saturated carbocycles. The monoisotopic (exact) mass is 250 g/mol. The molecule has 0 aliphatic carbocycles. The fourth-order valence-corrected chi connectivity index (χ4v) is 1.68. The van der Waals surface area contributed by atoms with Crippen LogP contribution in [-0.2, 0) is 4.79 Å². The molecule has 8 nitrogen and oxygen atoms in total. The number of hydrogen-bond donors (Lipinski definition) is 3. The summed E-state index contributed by atoms with van der Waals surface area (Å²) >= 11 is 0. The van der Waals surface area contributed by atoms with Gasteiger partial charge in [-0.1, -0.05) is 0 Å². The van der Waals surface area contributed by atoms with Gasteiger partial charge in [0.15, 0.2) is 5.65 Å². The highest BCUT2D eigenvalue weighted by Crippen LogP contribution is 2.09. The topological polar surface area (TPSA) is 104 Å². The van der Waals surface area contributed by atoms with Gasteiger partial charge in [0.1, 0.15) is 17.7 Å². The second-order valence-corrected chi connectivity index (χ2v) is 3.89. The summed E-state index contributed by atoms with van der Waals surface area (Å²) in [6.07, 6.45) is 0.